The number of nitrogens with one attached hydrogen (secondary N) is 3. The van der Waals surface area contributed by atoms with Crippen molar-refractivity contribution in [3.8, 4) is 0 Å². The van der Waals surface area contributed by atoms with Crippen molar-refractivity contribution < 1.29 is 9.59 Å². The summed E-state index contributed by atoms with van der Waals surface area (Å²) in [5.74, 6) is -0.0803. The molecule has 0 bridgehead atoms. The molecule has 2 aromatic carbocycles. The molecule has 2 aliphatic rings. The van der Waals surface area contributed by atoms with Gasteiger partial charge in [0.1, 0.15) is 0 Å². The van der Waals surface area contributed by atoms with E-state index in [-0.39, 0.29) is 18.0 Å². The van der Waals surface area contributed by atoms with Gasteiger partial charge in [0.2, 0.25) is 0 Å². The van der Waals surface area contributed by atoms with Crippen LogP contribution in [0.5, 0.6) is 0 Å². The Balaban J connectivity index is 1.30. The number of hydrogen-bond acceptors (Lipinski definition) is 3. The van der Waals surface area contributed by atoms with Crippen LogP contribution in [0.2, 0.25) is 0 Å². The molecule has 2 aromatic rings. The third kappa shape index (κ3) is 5.35. The van der Waals surface area contributed by atoms with Crippen molar-refractivity contribution in [1.29, 1.82) is 0 Å². The van der Waals surface area contributed by atoms with Gasteiger partial charge in [-0.05, 0) is 49.4 Å². The van der Waals surface area contributed by atoms with Crippen molar-refractivity contribution in [1.82, 2.24) is 15.5 Å². The topological polar surface area (TPSA) is 73.5 Å². The molecule has 1 aliphatic heterocycles. The zero-order valence-corrected chi connectivity index (χ0v) is 16.8. The Kier molecular flexibility index (Phi) is 5.81. The highest BCUT2D eigenvalue weighted by atomic mass is 16.2. The molecular formula is C23H28N4O2. The van der Waals surface area contributed by atoms with Crippen molar-refractivity contribution in [2.24, 2.45) is 0 Å². The highest BCUT2D eigenvalue weighted by Crippen LogP contribution is 2.21. The molecule has 1 heterocycles. The maximum atomic E-state index is 12.5. The average molecular weight is 393 g/mol. The van der Waals surface area contributed by atoms with Crippen LogP contribution in [-0.2, 0) is 6.54 Å². The lowest BCUT2D eigenvalue weighted by Crippen LogP contribution is -2.39. The maximum Gasteiger partial charge on any atom is 0.319 e. The van der Waals surface area contributed by atoms with Gasteiger partial charge in [0.15, 0.2) is 0 Å². The summed E-state index contributed by atoms with van der Waals surface area (Å²) in [6.45, 7) is 4.63. The van der Waals surface area contributed by atoms with Crippen LogP contribution < -0.4 is 16.0 Å². The fraction of sp³-hybridized carbons (Fsp3) is 0.391. The summed E-state index contributed by atoms with van der Waals surface area (Å²) in [6, 6.07) is 16.0. The number of likely N-dealkylation sites (tertiary alicyclic amines) is 1. The molecule has 3 N–H and O–H groups in total. The summed E-state index contributed by atoms with van der Waals surface area (Å²) in [5, 5.41) is 8.97. The molecule has 1 atom stereocenters. The minimum absolute atomic E-state index is 0.0803. The molecule has 0 radical (unpaired) electrons. The standard InChI is InChI=1S/C23H28N4O2/c1-16-7-8-18(22(28)24-19-9-10-19)13-21(16)26-23(29)25-20-11-12-27(15-20)14-17-5-3-2-4-6-17/h2-8,13,19-20H,9-12,14-15H2,1H3,(H,24,28)(H2,25,26,29)/t20-/m0/s1. The van der Waals surface area contributed by atoms with Crippen molar-refractivity contribution >= 4 is 17.6 Å². The highest BCUT2D eigenvalue weighted by molar-refractivity contribution is 5.97. The van der Waals surface area contributed by atoms with Crippen molar-refractivity contribution in [2.45, 2.75) is 44.8 Å². The van der Waals surface area contributed by atoms with Crippen molar-refractivity contribution in [3.63, 3.8) is 0 Å². The molecule has 3 amide bonds. The van der Waals surface area contributed by atoms with E-state index < -0.39 is 0 Å². The summed E-state index contributed by atoms with van der Waals surface area (Å²) in [6.07, 6.45) is 3.03. The number of hydrogen-bond donors (Lipinski definition) is 3. The summed E-state index contributed by atoms with van der Waals surface area (Å²) >= 11 is 0. The Morgan fingerprint density at radius 1 is 1.00 bits per heavy atom. The lowest BCUT2D eigenvalue weighted by atomic mass is 10.1. The van der Waals surface area contributed by atoms with Crippen LogP contribution in [0.3, 0.4) is 0 Å². The van der Waals surface area contributed by atoms with Crippen LogP contribution in [-0.4, -0.2) is 42.0 Å². The van der Waals surface area contributed by atoms with E-state index in [1.807, 2.05) is 19.1 Å². The van der Waals surface area contributed by atoms with Gasteiger partial charge in [-0.3, -0.25) is 9.69 Å². The van der Waals surface area contributed by atoms with Crippen LogP contribution in [0.4, 0.5) is 10.5 Å². The minimum Gasteiger partial charge on any atom is -0.349 e. The third-order valence-corrected chi connectivity index (χ3v) is 5.52. The highest BCUT2D eigenvalue weighted by Gasteiger charge is 2.25. The fourth-order valence-electron chi connectivity index (χ4n) is 3.67. The second-order valence-corrected chi connectivity index (χ2v) is 8.08. The lowest BCUT2D eigenvalue weighted by molar-refractivity contribution is 0.0951. The summed E-state index contributed by atoms with van der Waals surface area (Å²) < 4.78 is 0. The second-order valence-electron chi connectivity index (χ2n) is 8.08. The lowest BCUT2D eigenvalue weighted by Gasteiger charge is -2.17. The van der Waals surface area contributed by atoms with Gasteiger partial charge in [-0.1, -0.05) is 36.4 Å². The predicted molar refractivity (Wildman–Crippen MR) is 114 cm³/mol. The first-order valence-electron chi connectivity index (χ1n) is 10.3. The molecule has 6 nitrogen and oxygen atoms in total. The summed E-state index contributed by atoms with van der Waals surface area (Å²) in [7, 11) is 0. The zero-order valence-electron chi connectivity index (χ0n) is 16.8. The minimum atomic E-state index is -0.223. The SMILES string of the molecule is Cc1ccc(C(=O)NC2CC2)cc1NC(=O)N[C@H]1CCN(Cc2ccccc2)C1. The summed E-state index contributed by atoms with van der Waals surface area (Å²) in [5.41, 5.74) is 3.47. The molecule has 1 saturated heterocycles. The number of aryl methyl sites for hydroxylation is 1. The van der Waals surface area contributed by atoms with E-state index in [9.17, 15) is 9.59 Å². The Morgan fingerprint density at radius 3 is 2.55 bits per heavy atom. The van der Waals surface area contributed by atoms with Gasteiger partial charge in [0, 0.05) is 43.0 Å². The monoisotopic (exact) mass is 392 g/mol. The predicted octanol–water partition coefficient (Wildman–Crippen LogP) is 3.28. The zero-order chi connectivity index (χ0) is 20.2. The first kappa shape index (κ1) is 19.5. The number of carbonyl (C=O) groups excluding carboxylic acids is 2. The molecule has 0 unspecified atom stereocenters. The Hall–Kier alpha value is -2.86. The number of urea groups is 1. The van der Waals surface area contributed by atoms with Crippen molar-refractivity contribution in [2.75, 3.05) is 18.4 Å². The van der Waals surface area contributed by atoms with Gasteiger partial charge in [0.25, 0.3) is 5.91 Å². The third-order valence-electron chi connectivity index (χ3n) is 5.52. The molecule has 0 spiro atoms. The molecule has 2 fully saturated rings. The number of anilines is 1. The van der Waals surface area contributed by atoms with Crippen molar-refractivity contribution in [3.05, 3.63) is 65.2 Å². The van der Waals surface area contributed by atoms with E-state index in [0.717, 1.165) is 44.5 Å². The van der Waals surface area contributed by atoms with E-state index >= 15 is 0 Å². The van der Waals surface area contributed by atoms with Crippen LogP contribution in [0.15, 0.2) is 48.5 Å². The molecule has 29 heavy (non-hydrogen) atoms. The number of amides is 3. The first-order chi connectivity index (χ1) is 14.1. The quantitative estimate of drug-likeness (QED) is 0.706. The van der Waals surface area contributed by atoms with Gasteiger partial charge < -0.3 is 16.0 Å². The largest absolute Gasteiger partial charge is 0.349 e. The summed E-state index contributed by atoms with van der Waals surface area (Å²) in [4.78, 5) is 27.1. The van der Waals surface area contributed by atoms with Crippen LogP contribution in [0, 0.1) is 6.92 Å². The molecule has 4 rings (SSSR count). The van der Waals surface area contributed by atoms with E-state index in [1.165, 1.54) is 5.56 Å². The van der Waals surface area contributed by atoms with Crippen LogP contribution in [0.1, 0.15) is 40.7 Å². The van der Waals surface area contributed by atoms with E-state index in [2.05, 4.69) is 45.1 Å². The van der Waals surface area contributed by atoms with Crippen LogP contribution >= 0.6 is 0 Å². The number of carbonyl (C=O) groups is 2. The van der Waals surface area contributed by atoms with E-state index in [4.69, 9.17) is 0 Å². The Bertz CT molecular complexity index is 880. The second kappa shape index (κ2) is 8.66. The molecule has 1 saturated carbocycles. The van der Waals surface area contributed by atoms with Gasteiger partial charge in [-0.15, -0.1) is 0 Å². The molecule has 152 valence electrons. The molecule has 1 aliphatic carbocycles. The average Bonchev–Trinajstić information content (AvgIpc) is 3.42. The number of benzene rings is 2. The molecule has 0 aromatic heterocycles. The normalized spacial score (nSPS) is 19.0. The van der Waals surface area contributed by atoms with Gasteiger partial charge >= 0.3 is 6.03 Å². The van der Waals surface area contributed by atoms with E-state index in [0.29, 0.717) is 17.3 Å². The van der Waals surface area contributed by atoms with Gasteiger partial charge in [-0.25, -0.2) is 4.79 Å². The molecular weight excluding hydrogens is 364 g/mol. The number of nitrogens with zero attached hydrogens (tertiary/aromatic N) is 1. The Labute approximate surface area is 171 Å². The fourth-order valence-corrected chi connectivity index (χ4v) is 3.67. The van der Waals surface area contributed by atoms with Crippen LogP contribution in [0.25, 0.3) is 0 Å². The van der Waals surface area contributed by atoms with Gasteiger partial charge in [-0.2, -0.15) is 0 Å². The number of rotatable bonds is 6. The smallest absolute Gasteiger partial charge is 0.319 e. The van der Waals surface area contributed by atoms with Gasteiger partial charge in [0.05, 0.1) is 0 Å². The van der Waals surface area contributed by atoms with E-state index in [1.54, 1.807) is 12.1 Å². The Morgan fingerprint density at radius 2 is 1.79 bits per heavy atom. The molecule has 6 heteroatoms. The maximum absolute atomic E-state index is 12.5. The first-order valence-corrected chi connectivity index (χ1v) is 10.3.